The normalized spacial score (nSPS) is 16.8. The highest BCUT2D eigenvalue weighted by Crippen LogP contribution is 2.11. The predicted octanol–water partition coefficient (Wildman–Crippen LogP) is 0.944. The van der Waals surface area contributed by atoms with Crippen LogP contribution in [-0.4, -0.2) is 42.7 Å². The Bertz CT molecular complexity index is 404. The third-order valence-electron chi connectivity index (χ3n) is 3.22. The Kier molecular flexibility index (Phi) is 4.76. The number of rotatable bonds is 5. The van der Waals surface area contributed by atoms with Gasteiger partial charge in [0, 0.05) is 31.7 Å². The van der Waals surface area contributed by atoms with Gasteiger partial charge in [-0.3, -0.25) is 0 Å². The quantitative estimate of drug-likeness (QED) is 0.830. The van der Waals surface area contributed by atoms with Crippen molar-refractivity contribution in [1.29, 1.82) is 0 Å². The van der Waals surface area contributed by atoms with Crippen LogP contribution in [0.2, 0.25) is 0 Å². The second kappa shape index (κ2) is 6.54. The molecule has 1 saturated heterocycles. The van der Waals surface area contributed by atoms with Gasteiger partial charge in [0.05, 0.1) is 0 Å². The van der Waals surface area contributed by atoms with Crippen molar-refractivity contribution in [3.8, 4) is 0 Å². The minimum atomic E-state index is -0.248. The Hall–Kier alpha value is -1.59. The smallest absolute Gasteiger partial charge is 0.410 e. The summed E-state index contributed by atoms with van der Waals surface area (Å²) in [6.07, 6.45) is -0.248. The maximum Gasteiger partial charge on any atom is 0.410 e. The summed E-state index contributed by atoms with van der Waals surface area (Å²) in [6, 6.07) is 10.3. The van der Waals surface area contributed by atoms with Gasteiger partial charge in [-0.1, -0.05) is 30.3 Å². The molecule has 2 rings (SSSR count). The molecule has 1 aliphatic heterocycles. The summed E-state index contributed by atoms with van der Waals surface area (Å²) < 4.78 is 5.25. The first-order valence-electron chi connectivity index (χ1n) is 6.60. The van der Waals surface area contributed by atoms with Gasteiger partial charge in [0.25, 0.3) is 0 Å². The summed E-state index contributed by atoms with van der Waals surface area (Å²) in [5.41, 5.74) is 6.54. The second-order valence-electron chi connectivity index (χ2n) is 4.95. The van der Waals surface area contributed by atoms with Gasteiger partial charge in [0.1, 0.15) is 6.61 Å². The number of carbonyl (C=O) groups excluding carboxylic acids is 1. The third-order valence-corrected chi connectivity index (χ3v) is 3.22. The number of benzene rings is 1. The number of hydrogen-bond donors (Lipinski definition) is 2. The van der Waals surface area contributed by atoms with Crippen LogP contribution in [0.25, 0.3) is 0 Å². The Morgan fingerprint density at radius 1 is 1.47 bits per heavy atom. The Labute approximate surface area is 113 Å². The molecule has 0 aliphatic carbocycles. The summed E-state index contributed by atoms with van der Waals surface area (Å²) in [4.78, 5) is 13.4. The maximum atomic E-state index is 11.8. The predicted molar refractivity (Wildman–Crippen MR) is 73.6 cm³/mol. The first kappa shape index (κ1) is 13.8. The number of nitrogens with two attached hydrogens (primary N) is 1. The molecule has 5 nitrogen and oxygen atoms in total. The molecule has 1 fully saturated rings. The molecule has 104 valence electrons. The minimum absolute atomic E-state index is 0.248. The fourth-order valence-electron chi connectivity index (χ4n) is 2.01. The van der Waals surface area contributed by atoms with Crippen LogP contribution in [0.3, 0.4) is 0 Å². The van der Waals surface area contributed by atoms with Crippen molar-refractivity contribution < 1.29 is 9.53 Å². The summed E-state index contributed by atoms with van der Waals surface area (Å²) in [7, 11) is 0. The van der Waals surface area contributed by atoms with Crippen LogP contribution < -0.4 is 11.1 Å². The van der Waals surface area contributed by atoms with Crippen LogP contribution in [0.5, 0.6) is 0 Å². The van der Waals surface area contributed by atoms with Crippen molar-refractivity contribution in [2.45, 2.75) is 25.6 Å². The summed E-state index contributed by atoms with van der Waals surface area (Å²) >= 11 is 0. The Morgan fingerprint density at radius 3 is 2.79 bits per heavy atom. The molecule has 1 aromatic carbocycles. The van der Waals surface area contributed by atoms with Gasteiger partial charge in [-0.05, 0) is 12.5 Å². The summed E-state index contributed by atoms with van der Waals surface area (Å²) in [6.45, 7) is 4.36. The number of nitrogens with one attached hydrogen (secondary N) is 1. The van der Waals surface area contributed by atoms with E-state index in [2.05, 4.69) is 5.32 Å². The zero-order valence-corrected chi connectivity index (χ0v) is 11.2. The van der Waals surface area contributed by atoms with Gasteiger partial charge in [-0.15, -0.1) is 0 Å². The second-order valence-corrected chi connectivity index (χ2v) is 4.95. The number of ether oxygens (including phenoxy) is 1. The molecule has 19 heavy (non-hydrogen) atoms. The first-order chi connectivity index (χ1) is 9.19. The Balaban J connectivity index is 1.66. The molecule has 1 unspecified atom stereocenters. The van der Waals surface area contributed by atoms with E-state index >= 15 is 0 Å². The minimum Gasteiger partial charge on any atom is -0.445 e. The standard InChI is InChI=1S/C14H21N3O2/c1-11(7-15)16-13-8-17(9-13)14(18)19-10-12-5-3-2-4-6-12/h2-6,11,13,16H,7-10,15H2,1H3. The third kappa shape index (κ3) is 3.94. The van der Waals surface area contributed by atoms with Crippen molar-refractivity contribution in [1.82, 2.24) is 10.2 Å². The van der Waals surface area contributed by atoms with Gasteiger partial charge >= 0.3 is 6.09 Å². The fourth-order valence-corrected chi connectivity index (χ4v) is 2.01. The molecule has 1 aromatic rings. The van der Waals surface area contributed by atoms with E-state index in [1.165, 1.54) is 0 Å². The van der Waals surface area contributed by atoms with Gasteiger partial charge in [-0.2, -0.15) is 0 Å². The lowest BCUT2D eigenvalue weighted by Crippen LogP contribution is -2.62. The highest BCUT2D eigenvalue weighted by Gasteiger charge is 2.31. The van der Waals surface area contributed by atoms with Crippen LogP contribution >= 0.6 is 0 Å². The molecule has 1 heterocycles. The molecule has 5 heteroatoms. The molecule has 3 N–H and O–H groups in total. The average Bonchev–Trinajstić information content (AvgIpc) is 2.40. The van der Waals surface area contributed by atoms with E-state index in [1.807, 2.05) is 37.3 Å². The lowest BCUT2D eigenvalue weighted by Gasteiger charge is -2.40. The summed E-state index contributed by atoms with van der Waals surface area (Å²) in [5, 5.41) is 3.35. The number of carbonyl (C=O) groups is 1. The average molecular weight is 263 g/mol. The monoisotopic (exact) mass is 263 g/mol. The Morgan fingerprint density at radius 2 is 2.16 bits per heavy atom. The van der Waals surface area contributed by atoms with Crippen LogP contribution in [-0.2, 0) is 11.3 Å². The number of likely N-dealkylation sites (tertiary alicyclic amines) is 1. The molecular formula is C14H21N3O2. The molecule has 0 radical (unpaired) electrons. The van der Waals surface area contributed by atoms with Crippen LogP contribution in [0, 0.1) is 0 Å². The highest BCUT2D eigenvalue weighted by molar-refractivity contribution is 5.68. The van der Waals surface area contributed by atoms with Gasteiger partial charge in [0.15, 0.2) is 0 Å². The lowest BCUT2D eigenvalue weighted by atomic mass is 10.1. The van der Waals surface area contributed by atoms with Crippen molar-refractivity contribution in [3.05, 3.63) is 35.9 Å². The van der Waals surface area contributed by atoms with Crippen molar-refractivity contribution in [3.63, 3.8) is 0 Å². The van der Waals surface area contributed by atoms with E-state index in [-0.39, 0.29) is 12.1 Å². The number of hydrogen-bond acceptors (Lipinski definition) is 4. The largest absolute Gasteiger partial charge is 0.445 e. The van der Waals surface area contributed by atoms with E-state index in [0.717, 1.165) is 5.56 Å². The van der Waals surface area contributed by atoms with Gasteiger partial charge < -0.3 is 20.7 Å². The maximum absolute atomic E-state index is 11.8. The highest BCUT2D eigenvalue weighted by atomic mass is 16.6. The van der Waals surface area contributed by atoms with E-state index in [4.69, 9.17) is 10.5 Å². The van der Waals surface area contributed by atoms with Gasteiger partial charge in [0.2, 0.25) is 0 Å². The van der Waals surface area contributed by atoms with Crippen molar-refractivity contribution >= 4 is 6.09 Å². The first-order valence-corrected chi connectivity index (χ1v) is 6.60. The molecule has 1 aliphatic rings. The van der Waals surface area contributed by atoms with E-state index in [0.29, 0.717) is 32.3 Å². The van der Waals surface area contributed by atoms with Crippen LogP contribution in [0.15, 0.2) is 30.3 Å². The van der Waals surface area contributed by atoms with Crippen LogP contribution in [0.1, 0.15) is 12.5 Å². The van der Waals surface area contributed by atoms with E-state index in [1.54, 1.807) is 4.90 Å². The van der Waals surface area contributed by atoms with Crippen molar-refractivity contribution in [2.24, 2.45) is 5.73 Å². The SMILES string of the molecule is CC(CN)NC1CN(C(=O)OCc2ccccc2)C1. The lowest BCUT2D eigenvalue weighted by molar-refractivity contribution is 0.0584. The van der Waals surface area contributed by atoms with Crippen LogP contribution in [0.4, 0.5) is 4.79 Å². The topological polar surface area (TPSA) is 67.6 Å². The molecule has 0 bridgehead atoms. The summed E-state index contributed by atoms with van der Waals surface area (Å²) in [5.74, 6) is 0. The molecule has 1 atom stereocenters. The number of nitrogens with zero attached hydrogens (tertiary/aromatic N) is 1. The zero-order valence-electron chi connectivity index (χ0n) is 11.2. The van der Waals surface area contributed by atoms with Gasteiger partial charge in [-0.25, -0.2) is 4.79 Å². The van der Waals surface area contributed by atoms with Crippen molar-refractivity contribution in [2.75, 3.05) is 19.6 Å². The number of amides is 1. The zero-order chi connectivity index (χ0) is 13.7. The fraction of sp³-hybridized carbons (Fsp3) is 0.500. The van der Waals surface area contributed by atoms with E-state index < -0.39 is 0 Å². The molecule has 1 amide bonds. The molecule has 0 saturated carbocycles. The molecule has 0 spiro atoms. The van der Waals surface area contributed by atoms with E-state index in [9.17, 15) is 4.79 Å². The molecule has 0 aromatic heterocycles. The molecular weight excluding hydrogens is 242 g/mol.